The lowest BCUT2D eigenvalue weighted by molar-refractivity contribution is 0.568. The topological polar surface area (TPSA) is 48.5 Å². The Hall–Kier alpha value is -9.19. The van der Waals surface area contributed by atoms with E-state index < -0.39 is 0 Å². The fourth-order valence-electron chi connectivity index (χ4n) is 12.1. The zero-order valence-corrected chi connectivity index (χ0v) is 50.6. The van der Waals surface area contributed by atoms with Crippen molar-refractivity contribution in [2.24, 2.45) is 0 Å². The molecule has 13 rings (SSSR count). The fraction of sp³-hybridized carbons (Fsp3) is 0.203. The fourth-order valence-corrected chi connectivity index (χ4v) is 12.1. The molecule has 0 saturated heterocycles. The number of fused-ring (bicyclic) bond motifs is 6. The molecule has 0 aliphatic rings. The minimum atomic E-state index is -0.139. The van der Waals surface area contributed by atoms with E-state index in [0.29, 0.717) is 17.5 Å². The molecule has 3 aromatic heterocycles. The van der Waals surface area contributed by atoms with Crippen LogP contribution in [0.2, 0.25) is 0 Å². The molecule has 5 nitrogen and oxygen atoms in total. The Morgan fingerprint density at radius 3 is 1.04 bits per heavy atom. The molecule has 84 heavy (non-hydrogen) atoms. The second kappa shape index (κ2) is 20.3. The van der Waals surface area contributed by atoms with Gasteiger partial charge in [-0.2, -0.15) is 0 Å². The average molecular weight is 1090 g/mol. The first-order chi connectivity index (χ1) is 40.2. The van der Waals surface area contributed by atoms with Gasteiger partial charge in [0.2, 0.25) is 0 Å². The van der Waals surface area contributed by atoms with Crippen molar-refractivity contribution in [2.75, 3.05) is 0 Å². The van der Waals surface area contributed by atoms with E-state index in [4.69, 9.17) is 15.0 Å². The zero-order chi connectivity index (χ0) is 58.5. The number of nitrogens with zero attached hydrogens (tertiary/aromatic N) is 5. The van der Waals surface area contributed by atoms with Crippen molar-refractivity contribution in [2.45, 2.75) is 105 Å². The van der Waals surface area contributed by atoms with Crippen LogP contribution in [-0.4, -0.2) is 24.1 Å². The third-order valence-electron chi connectivity index (χ3n) is 17.0. The Morgan fingerprint density at radius 2 is 0.595 bits per heavy atom. The number of hydrogen-bond donors (Lipinski definition) is 0. The second-order valence-electron chi connectivity index (χ2n) is 27.1. The van der Waals surface area contributed by atoms with Crippen molar-refractivity contribution >= 4 is 43.6 Å². The number of benzene rings is 10. The standard InChI is InChI=1S/C79H73N5/c1-76(2,3)57-41-55(42-58(48-57)77(4,5)6)73-80-74(56-43-59(78(7,8)9)49-60(44-56)79(10,11)12)82-75(81-73)66-47-54(61-29-19-22-32-67(61)83-68-33-23-20-30-62(68)63-31-21-24-34-69(63)83)37-40-72(66)84-70-38-35-52(50-25-15-13-16-26-50)45-64(70)65-46-53(36-39-71(65)84)51-27-17-14-18-28-51/h13-49H,1-12H3. The van der Waals surface area contributed by atoms with E-state index in [1.807, 2.05) is 0 Å². The Kier molecular flexibility index (Phi) is 13.1. The van der Waals surface area contributed by atoms with Gasteiger partial charge in [0.25, 0.3) is 0 Å². The maximum absolute atomic E-state index is 5.77. The van der Waals surface area contributed by atoms with E-state index in [2.05, 4.69) is 317 Å². The van der Waals surface area contributed by atoms with Gasteiger partial charge in [-0.15, -0.1) is 0 Å². The molecule has 13 aromatic rings. The molecule has 0 radical (unpaired) electrons. The van der Waals surface area contributed by atoms with Crippen LogP contribution in [0.15, 0.2) is 224 Å². The minimum absolute atomic E-state index is 0.139. The third kappa shape index (κ3) is 9.89. The molecule has 0 N–H and O–H groups in total. The average Bonchev–Trinajstić information content (AvgIpc) is 2.50. The van der Waals surface area contributed by atoms with Gasteiger partial charge in [0.05, 0.1) is 33.4 Å². The summed E-state index contributed by atoms with van der Waals surface area (Å²) in [6.45, 7) is 27.5. The van der Waals surface area contributed by atoms with Gasteiger partial charge in [-0.25, -0.2) is 15.0 Å². The summed E-state index contributed by atoms with van der Waals surface area (Å²) < 4.78 is 4.88. The summed E-state index contributed by atoms with van der Waals surface area (Å²) in [6, 6.07) is 82.6. The monoisotopic (exact) mass is 1090 g/mol. The number of para-hydroxylation sites is 3. The van der Waals surface area contributed by atoms with Crippen molar-refractivity contribution in [3.63, 3.8) is 0 Å². The van der Waals surface area contributed by atoms with Crippen LogP contribution < -0.4 is 0 Å². The Bertz CT molecular complexity index is 4370. The van der Waals surface area contributed by atoms with E-state index in [1.165, 1.54) is 44.2 Å². The molecule has 0 aliphatic carbocycles. The van der Waals surface area contributed by atoms with Crippen LogP contribution in [0.4, 0.5) is 0 Å². The van der Waals surface area contributed by atoms with E-state index in [9.17, 15) is 0 Å². The van der Waals surface area contributed by atoms with Crippen LogP contribution in [-0.2, 0) is 21.7 Å². The third-order valence-corrected chi connectivity index (χ3v) is 17.0. The smallest absolute Gasteiger partial charge is 0.166 e. The highest BCUT2D eigenvalue weighted by Crippen LogP contribution is 2.44. The predicted octanol–water partition coefficient (Wildman–Crippen LogP) is 21.3. The minimum Gasteiger partial charge on any atom is -0.309 e. The molecule has 5 heteroatoms. The molecule has 414 valence electrons. The SMILES string of the molecule is CC(C)(C)c1cc(-c2nc(-c3cc(C(C)(C)C)cc(C(C)(C)C)c3)nc(-c3cc(-c4ccccc4-n4c5ccccc5c5ccccc54)ccc3-n3c4ccc(-c5ccccc5)cc4c4cc(-c5ccccc5)ccc43)n2)cc(C(C)(C)C)c1. The van der Waals surface area contributed by atoms with Gasteiger partial charge in [0.1, 0.15) is 0 Å². The Morgan fingerprint density at radius 1 is 0.238 bits per heavy atom. The summed E-state index contributed by atoms with van der Waals surface area (Å²) in [7, 11) is 0. The summed E-state index contributed by atoms with van der Waals surface area (Å²) in [5, 5.41) is 4.76. The van der Waals surface area contributed by atoms with Crippen LogP contribution >= 0.6 is 0 Å². The van der Waals surface area contributed by atoms with Crippen LogP contribution in [0.3, 0.4) is 0 Å². The zero-order valence-electron chi connectivity index (χ0n) is 50.6. The molecule has 3 heterocycles. The van der Waals surface area contributed by atoms with Crippen LogP contribution in [0.5, 0.6) is 0 Å². The maximum Gasteiger partial charge on any atom is 0.166 e. The molecule has 0 fully saturated rings. The molecule has 10 aromatic carbocycles. The largest absolute Gasteiger partial charge is 0.309 e. The predicted molar refractivity (Wildman–Crippen MR) is 356 cm³/mol. The second-order valence-corrected chi connectivity index (χ2v) is 27.1. The lowest BCUT2D eigenvalue weighted by Crippen LogP contribution is -2.17. The lowest BCUT2D eigenvalue weighted by atomic mass is 9.79. The van der Waals surface area contributed by atoms with E-state index in [1.54, 1.807) is 0 Å². The molecular weight excluding hydrogens is 1020 g/mol. The van der Waals surface area contributed by atoms with Gasteiger partial charge in [-0.3, -0.25) is 0 Å². The lowest BCUT2D eigenvalue weighted by Gasteiger charge is -2.26. The van der Waals surface area contributed by atoms with Crippen LogP contribution in [0.25, 0.3) is 123 Å². The molecule has 0 unspecified atom stereocenters. The normalized spacial score (nSPS) is 12.5. The molecule has 0 spiro atoms. The maximum atomic E-state index is 5.77. The highest BCUT2D eigenvalue weighted by molar-refractivity contribution is 6.13. The van der Waals surface area contributed by atoms with Gasteiger partial charge < -0.3 is 9.13 Å². The molecule has 0 amide bonds. The highest BCUT2D eigenvalue weighted by Gasteiger charge is 2.28. The Balaban J connectivity index is 1.15. The molecule has 0 saturated carbocycles. The summed E-state index contributed by atoms with van der Waals surface area (Å²) in [5.41, 5.74) is 20.6. The summed E-state index contributed by atoms with van der Waals surface area (Å²) in [4.78, 5) is 17.2. The molecule has 0 bridgehead atoms. The molecular formula is C79H73N5. The number of hydrogen-bond acceptors (Lipinski definition) is 3. The first-order valence-electron chi connectivity index (χ1n) is 29.7. The van der Waals surface area contributed by atoms with E-state index in [-0.39, 0.29) is 21.7 Å². The van der Waals surface area contributed by atoms with Crippen LogP contribution in [0.1, 0.15) is 105 Å². The first kappa shape index (κ1) is 54.1. The quantitative estimate of drug-likeness (QED) is 0.152. The van der Waals surface area contributed by atoms with Crippen LogP contribution in [0, 0.1) is 0 Å². The van der Waals surface area contributed by atoms with Gasteiger partial charge in [0.15, 0.2) is 17.5 Å². The van der Waals surface area contributed by atoms with Crippen molar-refractivity contribution in [1.29, 1.82) is 0 Å². The van der Waals surface area contributed by atoms with Crippen molar-refractivity contribution in [3.05, 3.63) is 247 Å². The summed E-state index contributed by atoms with van der Waals surface area (Å²) in [6.07, 6.45) is 0. The van der Waals surface area contributed by atoms with E-state index in [0.717, 1.165) is 83.2 Å². The molecule has 0 atom stereocenters. The van der Waals surface area contributed by atoms with Gasteiger partial charge in [0, 0.05) is 43.8 Å². The summed E-state index contributed by atoms with van der Waals surface area (Å²) >= 11 is 0. The number of aromatic nitrogens is 5. The number of rotatable bonds is 8. The van der Waals surface area contributed by atoms with Crippen molar-refractivity contribution in [3.8, 4) is 78.9 Å². The van der Waals surface area contributed by atoms with Gasteiger partial charge in [-0.1, -0.05) is 229 Å². The van der Waals surface area contributed by atoms with Crippen molar-refractivity contribution < 1.29 is 0 Å². The van der Waals surface area contributed by atoms with Gasteiger partial charge in [-0.05, 0) is 151 Å². The van der Waals surface area contributed by atoms with E-state index >= 15 is 0 Å². The van der Waals surface area contributed by atoms with Gasteiger partial charge >= 0.3 is 0 Å². The summed E-state index contributed by atoms with van der Waals surface area (Å²) in [5.74, 6) is 1.86. The Labute approximate surface area is 495 Å². The van der Waals surface area contributed by atoms with Crippen molar-refractivity contribution in [1.82, 2.24) is 24.1 Å². The molecule has 0 aliphatic heterocycles. The first-order valence-corrected chi connectivity index (χ1v) is 29.7. The highest BCUT2D eigenvalue weighted by atomic mass is 15.1.